The van der Waals surface area contributed by atoms with Gasteiger partial charge in [0, 0.05) is 6.42 Å². The summed E-state index contributed by atoms with van der Waals surface area (Å²) in [4.78, 5) is 0. The fraction of sp³-hybridized carbons (Fsp3) is 0.500. The van der Waals surface area contributed by atoms with E-state index in [4.69, 9.17) is 10.2 Å². The molecule has 0 saturated heterocycles. The zero-order valence-electron chi connectivity index (χ0n) is 3.79. The Morgan fingerprint density at radius 2 is 2.29 bits per heavy atom. The average molecular weight is 103 g/mol. The highest BCUT2D eigenvalue weighted by Gasteiger charge is 1.87. The van der Waals surface area contributed by atoms with Gasteiger partial charge in [-0.3, -0.25) is 0 Å². The first-order chi connectivity index (χ1) is 3.31. The van der Waals surface area contributed by atoms with Crippen molar-refractivity contribution in [2.75, 3.05) is 6.61 Å². The zero-order chi connectivity index (χ0) is 5.70. The lowest BCUT2D eigenvalue weighted by Crippen LogP contribution is -1.84. The van der Waals surface area contributed by atoms with Crippen LogP contribution < -0.4 is 0 Å². The molecule has 3 heteroatoms. The van der Waals surface area contributed by atoms with Crippen LogP contribution >= 0.6 is 0 Å². The van der Waals surface area contributed by atoms with Crippen LogP contribution in [0.3, 0.4) is 0 Å². The molecule has 0 saturated carbocycles. The number of hydrogen-bond donors (Lipinski definition) is 2. The second kappa shape index (κ2) is 3.49. The maximum absolute atomic E-state index is 9.59. The number of aliphatic hydroxyl groups is 2. The molecule has 0 aliphatic rings. The molecule has 0 heterocycles. The lowest BCUT2D eigenvalue weighted by Gasteiger charge is -1.87. The van der Waals surface area contributed by atoms with E-state index in [1.807, 2.05) is 0 Å². The Bertz CT molecular complexity index is 67.3. The van der Waals surface area contributed by atoms with Crippen molar-refractivity contribution in [3.8, 4) is 0 Å². The minimum absolute atomic E-state index is 0.0104. The van der Waals surface area contributed by atoms with E-state index in [9.17, 15) is 5.11 Å². The van der Waals surface area contributed by atoms with Crippen molar-refractivity contribution in [1.29, 1.82) is 0 Å². The van der Waals surface area contributed by atoms with Gasteiger partial charge < -0.3 is 10.2 Å². The fourth-order valence-electron chi connectivity index (χ4n) is 0.169. The molecular formula is C4H7O3. The van der Waals surface area contributed by atoms with Gasteiger partial charge >= 0.3 is 0 Å². The van der Waals surface area contributed by atoms with Gasteiger partial charge in [0.05, 0.1) is 6.61 Å². The van der Waals surface area contributed by atoms with Crippen LogP contribution in [0.25, 0.3) is 0 Å². The first-order valence-electron chi connectivity index (χ1n) is 1.91. The van der Waals surface area contributed by atoms with Crippen molar-refractivity contribution in [1.82, 2.24) is 0 Å². The molecule has 2 N–H and O–H groups in total. The molecule has 0 aromatic heterocycles. The lowest BCUT2D eigenvalue weighted by molar-refractivity contribution is 0.180. The predicted molar refractivity (Wildman–Crippen MR) is 23.5 cm³/mol. The summed E-state index contributed by atoms with van der Waals surface area (Å²) in [6.45, 7) is -0.386. The third kappa shape index (κ3) is 3.12. The molecule has 41 valence electrons. The van der Waals surface area contributed by atoms with E-state index in [1.165, 1.54) is 0 Å². The first-order valence-corrected chi connectivity index (χ1v) is 1.91. The Labute approximate surface area is 41.5 Å². The molecule has 0 bridgehead atoms. The largest absolute Gasteiger partial charge is 0.512 e. The van der Waals surface area contributed by atoms with Crippen molar-refractivity contribution in [3.05, 3.63) is 12.0 Å². The van der Waals surface area contributed by atoms with Crippen LogP contribution in [0.1, 0.15) is 6.42 Å². The van der Waals surface area contributed by atoms with Crippen LogP contribution in [-0.2, 0) is 5.11 Å². The summed E-state index contributed by atoms with van der Waals surface area (Å²) in [6.07, 6.45) is 0.536. The molecule has 0 aliphatic carbocycles. The molecule has 0 amide bonds. The van der Waals surface area contributed by atoms with Crippen molar-refractivity contribution in [3.63, 3.8) is 0 Å². The van der Waals surface area contributed by atoms with Crippen molar-refractivity contribution in [2.45, 2.75) is 6.42 Å². The Morgan fingerprint density at radius 3 is 2.43 bits per heavy atom. The van der Waals surface area contributed by atoms with E-state index in [2.05, 4.69) is 0 Å². The van der Waals surface area contributed by atoms with Crippen LogP contribution in [0.15, 0.2) is 12.0 Å². The molecule has 0 rings (SSSR count). The maximum Gasteiger partial charge on any atom is 0.129 e. The second-order valence-electron chi connectivity index (χ2n) is 1.07. The van der Waals surface area contributed by atoms with Crippen LogP contribution in [0, 0.1) is 0 Å². The van der Waals surface area contributed by atoms with Gasteiger partial charge in [-0.2, -0.15) is 0 Å². The summed E-state index contributed by atoms with van der Waals surface area (Å²) < 4.78 is 0. The molecule has 0 unspecified atom stereocenters. The standard InChI is InChI=1S/C4H7O3/c5-2-1-4(7)3-6/h3,6-7H,1-2H2. The van der Waals surface area contributed by atoms with E-state index < -0.39 is 0 Å². The fourth-order valence-corrected chi connectivity index (χ4v) is 0.169. The third-order valence-electron chi connectivity index (χ3n) is 0.507. The van der Waals surface area contributed by atoms with Crippen molar-refractivity contribution in [2.24, 2.45) is 0 Å². The summed E-state index contributed by atoms with van der Waals surface area (Å²) in [5.74, 6) is -0.255. The minimum Gasteiger partial charge on any atom is -0.512 e. The van der Waals surface area contributed by atoms with Gasteiger partial charge in [-0.15, -0.1) is 0 Å². The van der Waals surface area contributed by atoms with Gasteiger partial charge in [0.25, 0.3) is 0 Å². The highest BCUT2D eigenvalue weighted by atomic mass is 16.3. The quantitative estimate of drug-likeness (QED) is 0.507. The SMILES string of the molecule is [O]CCC(O)=CO. The molecule has 0 aliphatic heterocycles. The van der Waals surface area contributed by atoms with E-state index >= 15 is 0 Å². The summed E-state index contributed by atoms with van der Waals surface area (Å²) in [5, 5.41) is 25.8. The summed E-state index contributed by atoms with van der Waals surface area (Å²) >= 11 is 0. The summed E-state index contributed by atoms with van der Waals surface area (Å²) in [5.41, 5.74) is 0. The van der Waals surface area contributed by atoms with Crippen LogP contribution in [0.5, 0.6) is 0 Å². The molecule has 0 fully saturated rings. The first kappa shape index (κ1) is 6.30. The van der Waals surface area contributed by atoms with E-state index in [-0.39, 0.29) is 18.8 Å². The number of aliphatic hydroxyl groups excluding tert-OH is 2. The Morgan fingerprint density at radius 1 is 1.71 bits per heavy atom. The zero-order valence-corrected chi connectivity index (χ0v) is 3.79. The topological polar surface area (TPSA) is 60.4 Å². The Balaban J connectivity index is 3.17. The van der Waals surface area contributed by atoms with E-state index in [0.29, 0.717) is 6.26 Å². The Kier molecular flexibility index (Phi) is 3.14. The Hall–Kier alpha value is -0.700. The molecule has 0 atom stereocenters. The van der Waals surface area contributed by atoms with Gasteiger partial charge in [-0.05, 0) is 0 Å². The van der Waals surface area contributed by atoms with Crippen molar-refractivity contribution >= 4 is 0 Å². The molecule has 1 radical (unpaired) electrons. The smallest absolute Gasteiger partial charge is 0.129 e. The van der Waals surface area contributed by atoms with Gasteiger partial charge in [-0.1, -0.05) is 0 Å². The normalized spacial score (nSPS) is 11.9. The molecule has 3 nitrogen and oxygen atoms in total. The minimum atomic E-state index is -0.386. The highest BCUT2D eigenvalue weighted by Crippen LogP contribution is 1.90. The molecular weight excluding hydrogens is 96.0 g/mol. The third-order valence-corrected chi connectivity index (χ3v) is 0.507. The summed E-state index contributed by atoms with van der Waals surface area (Å²) in [7, 11) is 0. The second-order valence-corrected chi connectivity index (χ2v) is 1.07. The van der Waals surface area contributed by atoms with Gasteiger partial charge in [-0.25, -0.2) is 5.11 Å². The van der Waals surface area contributed by atoms with E-state index in [1.54, 1.807) is 0 Å². The monoisotopic (exact) mass is 103 g/mol. The molecule has 0 aromatic rings. The van der Waals surface area contributed by atoms with Crippen LogP contribution in [-0.4, -0.2) is 16.8 Å². The molecule has 0 spiro atoms. The molecule has 0 aromatic carbocycles. The van der Waals surface area contributed by atoms with Crippen molar-refractivity contribution < 1.29 is 15.3 Å². The summed E-state index contributed by atoms with van der Waals surface area (Å²) in [6, 6.07) is 0. The van der Waals surface area contributed by atoms with Crippen LogP contribution in [0.4, 0.5) is 0 Å². The van der Waals surface area contributed by atoms with Gasteiger partial charge in [0.2, 0.25) is 0 Å². The molecule has 7 heavy (non-hydrogen) atoms. The highest BCUT2D eigenvalue weighted by molar-refractivity contribution is 4.81. The van der Waals surface area contributed by atoms with Gasteiger partial charge in [0.15, 0.2) is 0 Å². The lowest BCUT2D eigenvalue weighted by atomic mass is 10.4. The average Bonchev–Trinajstić information content (AvgIpc) is 1.68. The number of rotatable bonds is 2. The van der Waals surface area contributed by atoms with Crippen LogP contribution in [0.2, 0.25) is 0 Å². The van der Waals surface area contributed by atoms with Gasteiger partial charge in [0.1, 0.15) is 12.0 Å². The maximum atomic E-state index is 9.59. The van der Waals surface area contributed by atoms with E-state index in [0.717, 1.165) is 0 Å². The number of hydrogen-bond acceptors (Lipinski definition) is 2. The predicted octanol–water partition coefficient (Wildman–Crippen LogP) is 0.764.